The maximum absolute atomic E-state index is 12.3. The second kappa shape index (κ2) is 11.2. The molecule has 156 valence electrons. The zero-order valence-electron chi connectivity index (χ0n) is 17.4. The molecule has 0 aliphatic rings. The molecule has 28 heavy (non-hydrogen) atoms. The highest BCUT2D eigenvalue weighted by atomic mass is 16.5. The van der Waals surface area contributed by atoms with E-state index in [1.54, 1.807) is 32.0 Å². The van der Waals surface area contributed by atoms with Crippen LogP contribution in [0.2, 0.25) is 0 Å². The SMILES string of the molecule is COc1cc(C(=O)NNC(=O)C(NC(C)=O)C(C)C)ccc1OCCC(C)C. The van der Waals surface area contributed by atoms with Gasteiger partial charge in [0.15, 0.2) is 11.5 Å². The van der Waals surface area contributed by atoms with Gasteiger partial charge in [-0.15, -0.1) is 0 Å². The number of amides is 3. The molecule has 0 bridgehead atoms. The van der Waals surface area contributed by atoms with E-state index in [0.29, 0.717) is 29.6 Å². The first kappa shape index (κ1) is 23.3. The second-order valence-corrected chi connectivity index (χ2v) is 7.26. The van der Waals surface area contributed by atoms with Crippen molar-refractivity contribution in [2.75, 3.05) is 13.7 Å². The number of nitrogens with one attached hydrogen (secondary N) is 3. The van der Waals surface area contributed by atoms with Gasteiger partial charge in [-0.2, -0.15) is 0 Å². The van der Waals surface area contributed by atoms with E-state index in [2.05, 4.69) is 30.0 Å². The summed E-state index contributed by atoms with van der Waals surface area (Å²) in [7, 11) is 1.49. The summed E-state index contributed by atoms with van der Waals surface area (Å²) in [6.07, 6.45) is 0.905. The number of benzene rings is 1. The van der Waals surface area contributed by atoms with Gasteiger partial charge in [0.25, 0.3) is 11.8 Å². The Labute approximate surface area is 166 Å². The lowest BCUT2D eigenvalue weighted by Crippen LogP contribution is -2.54. The molecule has 0 aliphatic carbocycles. The van der Waals surface area contributed by atoms with Crippen LogP contribution >= 0.6 is 0 Å². The lowest BCUT2D eigenvalue weighted by molar-refractivity contribution is -0.129. The van der Waals surface area contributed by atoms with Gasteiger partial charge >= 0.3 is 0 Å². The van der Waals surface area contributed by atoms with E-state index < -0.39 is 17.9 Å². The smallest absolute Gasteiger partial charge is 0.269 e. The highest BCUT2D eigenvalue weighted by molar-refractivity contribution is 5.96. The lowest BCUT2D eigenvalue weighted by Gasteiger charge is -2.21. The minimum atomic E-state index is -0.746. The summed E-state index contributed by atoms with van der Waals surface area (Å²) >= 11 is 0. The van der Waals surface area contributed by atoms with Crippen LogP contribution in [-0.4, -0.2) is 37.5 Å². The van der Waals surface area contributed by atoms with Crippen molar-refractivity contribution in [2.24, 2.45) is 11.8 Å². The number of carbonyl (C=O) groups excluding carboxylic acids is 3. The third kappa shape index (κ3) is 7.46. The van der Waals surface area contributed by atoms with Gasteiger partial charge in [-0.1, -0.05) is 27.7 Å². The summed E-state index contributed by atoms with van der Waals surface area (Å²) < 4.78 is 11.0. The maximum atomic E-state index is 12.3. The maximum Gasteiger partial charge on any atom is 0.269 e. The Hall–Kier alpha value is -2.77. The highest BCUT2D eigenvalue weighted by Gasteiger charge is 2.23. The van der Waals surface area contributed by atoms with E-state index in [1.807, 2.05) is 0 Å². The second-order valence-electron chi connectivity index (χ2n) is 7.26. The van der Waals surface area contributed by atoms with Gasteiger partial charge in [0, 0.05) is 12.5 Å². The normalized spacial score (nSPS) is 11.7. The average molecular weight is 393 g/mol. The van der Waals surface area contributed by atoms with E-state index in [9.17, 15) is 14.4 Å². The molecule has 1 unspecified atom stereocenters. The van der Waals surface area contributed by atoms with Gasteiger partial charge in [0.05, 0.1) is 13.7 Å². The van der Waals surface area contributed by atoms with Crippen molar-refractivity contribution in [3.63, 3.8) is 0 Å². The van der Waals surface area contributed by atoms with E-state index in [0.717, 1.165) is 6.42 Å². The molecule has 0 aromatic heterocycles. The van der Waals surface area contributed by atoms with Crippen molar-refractivity contribution in [3.8, 4) is 11.5 Å². The van der Waals surface area contributed by atoms with Crippen LogP contribution in [-0.2, 0) is 9.59 Å². The first-order valence-electron chi connectivity index (χ1n) is 9.33. The molecule has 0 spiro atoms. The molecule has 0 aliphatic heterocycles. The fourth-order valence-corrected chi connectivity index (χ4v) is 2.35. The van der Waals surface area contributed by atoms with Crippen molar-refractivity contribution in [1.29, 1.82) is 0 Å². The van der Waals surface area contributed by atoms with Crippen LogP contribution in [0.4, 0.5) is 0 Å². The molecule has 3 N–H and O–H groups in total. The Balaban J connectivity index is 2.73. The monoisotopic (exact) mass is 393 g/mol. The molecule has 0 heterocycles. The van der Waals surface area contributed by atoms with E-state index >= 15 is 0 Å². The van der Waals surface area contributed by atoms with Crippen molar-refractivity contribution in [3.05, 3.63) is 23.8 Å². The summed E-state index contributed by atoms with van der Waals surface area (Å²) in [5.74, 6) is 0.0353. The van der Waals surface area contributed by atoms with Gasteiger partial charge in [0.1, 0.15) is 6.04 Å². The van der Waals surface area contributed by atoms with Crippen molar-refractivity contribution in [1.82, 2.24) is 16.2 Å². The van der Waals surface area contributed by atoms with E-state index in [4.69, 9.17) is 9.47 Å². The van der Waals surface area contributed by atoms with Crippen LogP contribution < -0.4 is 25.6 Å². The summed E-state index contributed by atoms with van der Waals surface area (Å²) in [6, 6.07) is 4.04. The number of methoxy groups -OCH3 is 1. The van der Waals surface area contributed by atoms with Gasteiger partial charge in [0.2, 0.25) is 5.91 Å². The Morgan fingerprint density at radius 3 is 2.25 bits per heavy atom. The van der Waals surface area contributed by atoms with Crippen LogP contribution in [0.15, 0.2) is 18.2 Å². The quantitative estimate of drug-likeness (QED) is 0.557. The third-order valence-electron chi connectivity index (χ3n) is 3.99. The molecule has 0 radical (unpaired) electrons. The van der Waals surface area contributed by atoms with Crippen LogP contribution in [0.3, 0.4) is 0 Å². The van der Waals surface area contributed by atoms with Crippen molar-refractivity contribution in [2.45, 2.75) is 47.1 Å². The largest absolute Gasteiger partial charge is 0.493 e. The predicted molar refractivity (Wildman–Crippen MR) is 106 cm³/mol. The zero-order chi connectivity index (χ0) is 21.3. The van der Waals surface area contributed by atoms with E-state index in [-0.39, 0.29) is 11.8 Å². The summed E-state index contributed by atoms with van der Waals surface area (Å²) in [4.78, 5) is 35.8. The molecule has 0 saturated heterocycles. The number of hydrogen-bond donors (Lipinski definition) is 3. The zero-order valence-corrected chi connectivity index (χ0v) is 17.4. The van der Waals surface area contributed by atoms with Gasteiger partial charge < -0.3 is 14.8 Å². The fourth-order valence-electron chi connectivity index (χ4n) is 2.35. The Morgan fingerprint density at radius 2 is 1.71 bits per heavy atom. The topological polar surface area (TPSA) is 106 Å². The molecule has 8 nitrogen and oxygen atoms in total. The molecule has 8 heteroatoms. The summed E-state index contributed by atoms with van der Waals surface area (Å²) in [6.45, 7) is 9.69. The van der Waals surface area contributed by atoms with Crippen LogP contribution in [0.25, 0.3) is 0 Å². The Kier molecular flexibility index (Phi) is 9.27. The molecular weight excluding hydrogens is 362 g/mol. The van der Waals surface area contributed by atoms with Crippen molar-refractivity contribution >= 4 is 17.7 Å². The molecule has 1 rings (SSSR count). The van der Waals surface area contributed by atoms with Gasteiger partial charge in [-0.3, -0.25) is 25.2 Å². The number of ether oxygens (including phenoxy) is 2. The average Bonchev–Trinajstić information content (AvgIpc) is 2.63. The van der Waals surface area contributed by atoms with Crippen molar-refractivity contribution < 1.29 is 23.9 Å². The predicted octanol–water partition coefficient (Wildman–Crippen LogP) is 2.04. The molecule has 0 fully saturated rings. The highest BCUT2D eigenvalue weighted by Crippen LogP contribution is 2.28. The van der Waals surface area contributed by atoms with Gasteiger partial charge in [-0.25, -0.2) is 0 Å². The van der Waals surface area contributed by atoms with Crippen LogP contribution in [0.5, 0.6) is 11.5 Å². The van der Waals surface area contributed by atoms with Crippen LogP contribution in [0.1, 0.15) is 51.4 Å². The standard InChI is InChI=1S/C20H31N3O5/c1-12(2)9-10-28-16-8-7-15(11-17(16)27-6)19(25)22-23-20(26)18(13(3)4)21-14(5)24/h7-8,11-13,18H,9-10H2,1-6H3,(H,21,24)(H,22,25)(H,23,26). The molecule has 1 aromatic rings. The lowest BCUT2D eigenvalue weighted by atomic mass is 10.0. The number of hydrogen-bond acceptors (Lipinski definition) is 5. The number of carbonyl (C=O) groups is 3. The fraction of sp³-hybridized carbons (Fsp3) is 0.550. The minimum absolute atomic E-state index is 0.136. The molecular formula is C20H31N3O5. The number of rotatable bonds is 9. The van der Waals surface area contributed by atoms with E-state index in [1.165, 1.54) is 14.0 Å². The Bertz CT molecular complexity index is 688. The summed E-state index contributed by atoms with van der Waals surface area (Å²) in [5.41, 5.74) is 4.99. The first-order chi connectivity index (χ1) is 13.1. The molecule has 1 aromatic carbocycles. The molecule has 0 saturated carbocycles. The minimum Gasteiger partial charge on any atom is -0.493 e. The molecule has 3 amide bonds. The third-order valence-corrected chi connectivity index (χ3v) is 3.99. The van der Waals surface area contributed by atoms with Gasteiger partial charge in [-0.05, 0) is 36.5 Å². The first-order valence-corrected chi connectivity index (χ1v) is 9.33. The number of hydrazine groups is 1. The summed E-state index contributed by atoms with van der Waals surface area (Å²) in [5, 5.41) is 2.56. The Morgan fingerprint density at radius 1 is 1.04 bits per heavy atom. The van der Waals surface area contributed by atoms with Crippen LogP contribution in [0, 0.1) is 11.8 Å². The molecule has 1 atom stereocenters.